The summed E-state index contributed by atoms with van der Waals surface area (Å²) in [6.45, 7) is 27.3. The number of ketones is 3. The van der Waals surface area contributed by atoms with E-state index in [0.29, 0.717) is 81.3 Å². The third kappa shape index (κ3) is 15.2. The average molecular weight is 1510 g/mol. The molecule has 3 aromatic heterocycles. The van der Waals surface area contributed by atoms with Gasteiger partial charge in [0, 0.05) is 17.8 Å². The monoisotopic (exact) mass is 1510 g/mol. The van der Waals surface area contributed by atoms with Crippen molar-refractivity contribution in [1.82, 2.24) is 45.4 Å². The van der Waals surface area contributed by atoms with Crippen molar-refractivity contribution in [3.8, 4) is 0 Å². The van der Waals surface area contributed by atoms with Crippen LogP contribution in [0.3, 0.4) is 0 Å². The molecule has 12 aliphatic carbocycles. The van der Waals surface area contributed by atoms with Gasteiger partial charge in [0.25, 0.3) is 0 Å². The van der Waals surface area contributed by atoms with Crippen molar-refractivity contribution in [1.29, 1.82) is 0 Å². The molecule has 24 atom stereocenters. The fourth-order valence-electron chi connectivity index (χ4n) is 26.3. The van der Waals surface area contributed by atoms with Crippen LogP contribution in [0, 0.1) is 121 Å². The van der Waals surface area contributed by atoms with E-state index in [1.165, 1.54) is 105 Å². The first kappa shape index (κ1) is 80.2. The lowest BCUT2D eigenvalue weighted by atomic mass is 9.44. The predicted octanol–water partition coefficient (Wildman–Crippen LogP) is 14.8. The van der Waals surface area contributed by atoms with Crippen molar-refractivity contribution in [2.24, 2.45) is 121 Å². The summed E-state index contributed by atoms with van der Waals surface area (Å²) in [5.41, 5.74) is 0.491. The number of Topliss-reactive ketones (excluding diaryl/α,β-unsaturated/α-hetero) is 3. The standard InChI is InChI=1S/2C27H41N3O4.C22H35BrO2.C5H7N3O2.CH4/c1-5-34-24(32)22-15-30(29-28-22)16-23(31)21-9-8-19-18-7-6-17-14-25(2,33)12-13-26(17,3)20(18)10-11-27(19,21)4;1-5-34-24(32)22-15-28-30(29-22)16-23(31)21-9-8-19-18-7-6-17-14-25(2,33)12-13-26(17,3)20(18)10-11-27(19,21)4;1-20(25)10-11-21(2)14(12-20)4-5-15-16-6-7-18(19(24)13-23)22(16,3)9-8-17(15)21;1-2-10-5(9)4-3-6-8-7-4;/h2*15,17-21,33H,5-14,16H2,1-4H3;14-18,25H,4-13H2,1-3H3;3H,2H2,1H3,(H,6,7,8);1H4/t2*17-,18+,19+,20+,21-,25-,26+,27+;14-,15+,16+,17+,18-,20-,21+,22+;;/m111../s1. The molecule has 0 bridgehead atoms. The Morgan fingerprint density at radius 1 is 0.462 bits per heavy atom. The van der Waals surface area contributed by atoms with Crippen LogP contribution < -0.4 is 0 Å². The molecule has 580 valence electrons. The summed E-state index contributed by atoms with van der Waals surface area (Å²) in [6, 6.07) is 0. The summed E-state index contributed by atoms with van der Waals surface area (Å²) in [4.78, 5) is 75.4. The topological polar surface area (TPSA) is 294 Å². The fraction of sp³-hybridized carbons (Fsp3) is 0.854. The zero-order valence-corrected chi connectivity index (χ0v) is 65.8. The van der Waals surface area contributed by atoms with Crippen molar-refractivity contribution < 1.29 is 58.3 Å². The SMILES string of the molecule is C.CCOC(=O)c1cn(CC(=O)[C@H]2CC[C@H]3[C@@H]4CC[C@@H]5C[C@](C)(O)CC[C@]5(C)[C@H]4CC[C@]23C)nn1.CCOC(=O)c1cn[nH]n1.CCOC(=O)c1cnn(CC(=O)[C@H]2CC[C@H]3[C@@H]4CC[C@@H]5C[C@](C)(O)CC[C@]5(C)[C@H]4CC[C@]23C)n1.C[C@@]1(O)CC[C@@]2(C)[C@H](CC[C@@H]3[C@@H]2CC[C@]2(C)[C@@H](C(=O)CBr)CC[C@@H]32)C1. The number of H-pyrrole nitrogens is 1. The zero-order valence-electron chi connectivity index (χ0n) is 64.2. The number of aromatic amines is 1. The minimum Gasteiger partial charge on any atom is -0.461 e. The van der Waals surface area contributed by atoms with E-state index in [1.807, 2.05) is 20.8 Å². The maximum absolute atomic E-state index is 13.5. The highest BCUT2D eigenvalue weighted by molar-refractivity contribution is 9.09. The van der Waals surface area contributed by atoms with Gasteiger partial charge in [-0.2, -0.15) is 20.2 Å². The summed E-state index contributed by atoms with van der Waals surface area (Å²) in [5, 5.41) is 58.1. The number of esters is 3. The van der Waals surface area contributed by atoms with Crippen molar-refractivity contribution in [3.05, 3.63) is 35.7 Å². The number of hydrogen-bond acceptors (Lipinski definition) is 18. The molecule has 0 saturated heterocycles. The summed E-state index contributed by atoms with van der Waals surface area (Å²) in [5.74, 6) is 8.14. The number of fused-ring (bicyclic) bond motifs is 15. The lowest BCUT2D eigenvalue weighted by Crippen LogP contribution is -2.55. The Kier molecular flexibility index (Phi) is 23.9. The Balaban J connectivity index is 0.000000147. The van der Waals surface area contributed by atoms with E-state index in [2.05, 4.69) is 98.1 Å². The lowest BCUT2D eigenvalue weighted by Gasteiger charge is -2.61. The van der Waals surface area contributed by atoms with Gasteiger partial charge in [0.1, 0.15) is 18.9 Å². The third-order valence-electron chi connectivity index (χ3n) is 31.7. The second-order valence-corrected chi connectivity index (χ2v) is 37.8. The Morgan fingerprint density at radius 2 is 0.837 bits per heavy atom. The maximum Gasteiger partial charge on any atom is 0.360 e. The van der Waals surface area contributed by atoms with Crippen LogP contribution >= 0.6 is 15.9 Å². The molecule has 0 spiro atoms. The number of rotatable bonds is 14. The fourth-order valence-corrected chi connectivity index (χ4v) is 26.7. The van der Waals surface area contributed by atoms with E-state index in [0.717, 1.165) is 120 Å². The molecular weight excluding hydrogens is 1380 g/mol. The van der Waals surface area contributed by atoms with Crippen molar-refractivity contribution in [2.75, 3.05) is 25.2 Å². The number of ether oxygens (including phenoxy) is 3. The molecule has 12 fully saturated rings. The summed E-state index contributed by atoms with van der Waals surface area (Å²) in [6.07, 6.45) is 34.6. The van der Waals surface area contributed by atoms with Gasteiger partial charge in [-0.15, -0.1) is 15.3 Å². The van der Waals surface area contributed by atoms with E-state index >= 15 is 0 Å². The highest BCUT2D eigenvalue weighted by Crippen LogP contribution is 2.72. The van der Waals surface area contributed by atoms with Crippen LogP contribution in [0.15, 0.2) is 18.6 Å². The minimum absolute atomic E-state index is 0. The summed E-state index contributed by atoms with van der Waals surface area (Å²) >= 11 is 3.43. The zero-order chi connectivity index (χ0) is 74.0. The molecule has 15 rings (SSSR count). The average Bonchev–Trinajstić information content (AvgIpc) is 1.37. The number of alkyl halides is 1. The number of halogens is 1. The predicted molar refractivity (Wildman–Crippen MR) is 397 cm³/mol. The second kappa shape index (κ2) is 30.9. The molecule has 0 unspecified atom stereocenters. The van der Waals surface area contributed by atoms with Gasteiger partial charge >= 0.3 is 17.9 Å². The van der Waals surface area contributed by atoms with Gasteiger partial charge in [-0.25, -0.2) is 19.1 Å². The number of nitrogens with zero attached hydrogens (tertiary/aromatic N) is 8. The van der Waals surface area contributed by atoms with Gasteiger partial charge in [-0.3, -0.25) is 14.4 Å². The highest BCUT2D eigenvalue weighted by Gasteiger charge is 2.66. The molecule has 3 aromatic rings. The normalized spacial score (nSPS) is 42.6. The molecule has 22 heteroatoms. The number of aromatic nitrogens is 9. The molecule has 0 aliphatic heterocycles. The van der Waals surface area contributed by atoms with Crippen LogP contribution in [0.4, 0.5) is 0 Å². The number of carbonyl (C=O) groups is 6. The lowest BCUT2D eigenvalue weighted by molar-refractivity contribution is -0.151. The van der Waals surface area contributed by atoms with Gasteiger partial charge in [0.2, 0.25) is 0 Å². The van der Waals surface area contributed by atoms with Gasteiger partial charge in [0.05, 0.1) is 60.5 Å². The van der Waals surface area contributed by atoms with Crippen molar-refractivity contribution in [2.45, 2.75) is 294 Å². The van der Waals surface area contributed by atoms with Crippen LogP contribution in [-0.4, -0.2) is 138 Å². The number of aliphatic hydroxyl groups is 3. The second-order valence-electron chi connectivity index (χ2n) is 37.2. The molecule has 104 heavy (non-hydrogen) atoms. The van der Waals surface area contributed by atoms with Crippen LogP contribution in [0.1, 0.15) is 295 Å². The molecule has 0 radical (unpaired) electrons. The molecule has 0 amide bonds. The molecule has 4 N–H and O–H groups in total. The van der Waals surface area contributed by atoms with E-state index in [9.17, 15) is 44.1 Å². The van der Waals surface area contributed by atoms with E-state index in [4.69, 9.17) is 9.47 Å². The number of carbonyl (C=O) groups excluding carboxylic acids is 6. The summed E-state index contributed by atoms with van der Waals surface area (Å²) < 4.78 is 16.1. The van der Waals surface area contributed by atoms with Gasteiger partial charge < -0.3 is 29.5 Å². The molecule has 12 aliphatic rings. The summed E-state index contributed by atoms with van der Waals surface area (Å²) in [7, 11) is 0. The first-order valence-corrected chi connectivity index (χ1v) is 41.3. The third-order valence-corrected chi connectivity index (χ3v) is 32.3. The van der Waals surface area contributed by atoms with E-state index in [1.54, 1.807) is 20.8 Å². The number of hydrogen-bond donors (Lipinski definition) is 4. The van der Waals surface area contributed by atoms with Crippen molar-refractivity contribution in [3.63, 3.8) is 0 Å². The van der Waals surface area contributed by atoms with Crippen LogP contribution in [0.5, 0.6) is 0 Å². The van der Waals surface area contributed by atoms with Gasteiger partial charge in [-0.05, 0) is 318 Å². The Hall–Kier alpha value is -4.80. The molecule has 0 aromatic carbocycles. The van der Waals surface area contributed by atoms with Gasteiger partial charge in [0.15, 0.2) is 28.6 Å². The largest absolute Gasteiger partial charge is 0.461 e. The highest BCUT2D eigenvalue weighted by atomic mass is 79.9. The van der Waals surface area contributed by atoms with Crippen LogP contribution in [0.25, 0.3) is 0 Å². The van der Waals surface area contributed by atoms with Crippen LogP contribution in [0.2, 0.25) is 0 Å². The molecule has 21 nitrogen and oxygen atoms in total. The quantitative estimate of drug-likeness (QED) is 0.0662. The number of nitrogens with one attached hydrogen (secondary N) is 1. The Bertz CT molecular complexity index is 3390. The van der Waals surface area contributed by atoms with Crippen molar-refractivity contribution >= 4 is 51.2 Å². The molecule has 3 heterocycles. The Labute approximate surface area is 627 Å². The minimum atomic E-state index is -0.501. The van der Waals surface area contributed by atoms with Crippen LogP contribution in [-0.2, 0) is 41.7 Å². The van der Waals surface area contributed by atoms with E-state index in [-0.39, 0.29) is 96.4 Å². The molecule has 12 saturated carbocycles. The maximum atomic E-state index is 13.5. The molecular formula is C82H128BrN9O12. The van der Waals surface area contributed by atoms with E-state index < -0.39 is 34.7 Å². The smallest absolute Gasteiger partial charge is 0.360 e. The Morgan fingerprint density at radius 3 is 1.22 bits per heavy atom. The van der Waals surface area contributed by atoms with Gasteiger partial charge in [-0.1, -0.05) is 70.1 Å². The first-order valence-electron chi connectivity index (χ1n) is 40.2. The first-order chi connectivity index (χ1) is 48.7.